The number of carboxylic acids is 1. The predicted molar refractivity (Wildman–Crippen MR) is 143 cm³/mol. The highest BCUT2D eigenvalue weighted by Gasteiger charge is 2.40. The van der Waals surface area contributed by atoms with Gasteiger partial charge in [0.15, 0.2) is 0 Å². The summed E-state index contributed by atoms with van der Waals surface area (Å²) in [7, 11) is 0. The highest BCUT2D eigenvalue weighted by Crippen LogP contribution is 2.32. The summed E-state index contributed by atoms with van der Waals surface area (Å²) in [4.78, 5) is 17.6. The maximum absolute atomic E-state index is 10.7. The Morgan fingerprint density at radius 2 is 1.81 bits per heavy atom. The number of rotatable bonds is 12. The van der Waals surface area contributed by atoms with Crippen molar-refractivity contribution in [2.24, 2.45) is 0 Å². The maximum Gasteiger partial charge on any atom is 0.303 e. The summed E-state index contributed by atoms with van der Waals surface area (Å²) in [5.41, 5.74) is 3.75. The van der Waals surface area contributed by atoms with Crippen LogP contribution in [-0.2, 0) is 27.5 Å². The number of allylic oxidation sites excluding steroid dienone is 1. The Kier molecular flexibility index (Phi) is 10.7. The van der Waals surface area contributed by atoms with Crippen LogP contribution in [0.15, 0.2) is 54.7 Å². The van der Waals surface area contributed by atoms with E-state index in [1.54, 1.807) is 6.20 Å². The second-order valence-corrected chi connectivity index (χ2v) is 10.00. The van der Waals surface area contributed by atoms with Crippen molar-refractivity contribution in [1.82, 2.24) is 9.88 Å². The van der Waals surface area contributed by atoms with E-state index in [1.165, 1.54) is 25.7 Å². The molecule has 0 spiro atoms. The summed E-state index contributed by atoms with van der Waals surface area (Å²) in [6.45, 7) is 3.15. The zero-order valence-electron chi connectivity index (χ0n) is 21.6. The molecule has 2 aromatic rings. The number of carboxylic acid groups (broad SMARTS) is 1. The molecule has 2 heterocycles. The Labute approximate surface area is 220 Å². The topological polar surface area (TPSA) is 92.1 Å². The molecular weight excluding hydrogens is 468 g/mol. The lowest BCUT2D eigenvalue weighted by Crippen LogP contribution is -2.45. The second-order valence-electron chi connectivity index (χ2n) is 10.00. The average Bonchev–Trinajstić information content (AvgIpc) is 3.12. The number of aliphatic hydroxyl groups excluding tert-OH is 1. The molecule has 2 fully saturated rings. The van der Waals surface area contributed by atoms with Gasteiger partial charge in [0, 0.05) is 24.2 Å². The van der Waals surface area contributed by atoms with Crippen LogP contribution in [0.5, 0.6) is 0 Å². The van der Waals surface area contributed by atoms with E-state index in [0.29, 0.717) is 31.4 Å². The zero-order chi connectivity index (χ0) is 25.9. The summed E-state index contributed by atoms with van der Waals surface area (Å²) < 4.78 is 12.8. The minimum Gasteiger partial charge on any atom is -0.481 e. The standard InChI is InChI=1S/C30H40N2O5/c33-21-26-25(9-8-17-31-26)24-13-11-23(12-14-24)22-37-28-16-15-27(32-18-5-1-2-6-19-32)30(28)36-20-7-3-4-10-29(34)35/h3,7-9,11-14,17,27-28,30,33H,1-2,4-6,10,15-16,18-22H2,(H,34,35)/b7-3-/t27-,28+,30+/m0/s1. The molecule has 0 radical (unpaired) electrons. The molecule has 7 heteroatoms. The van der Waals surface area contributed by atoms with Gasteiger partial charge in [-0.1, -0.05) is 55.3 Å². The number of nitrogens with zero attached hydrogens (tertiary/aromatic N) is 2. The summed E-state index contributed by atoms with van der Waals surface area (Å²) >= 11 is 0. The van der Waals surface area contributed by atoms with Gasteiger partial charge in [-0.25, -0.2) is 0 Å². The molecular formula is C30H40N2O5. The highest BCUT2D eigenvalue weighted by atomic mass is 16.5. The molecule has 2 N–H and O–H groups in total. The Hall–Kier alpha value is -2.58. The Morgan fingerprint density at radius 1 is 1.03 bits per heavy atom. The van der Waals surface area contributed by atoms with Crippen LogP contribution in [0.4, 0.5) is 0 Å². The summed E-state index contributed by atoms with van der Waals surface area (Å²) in [6.07, 6.45) is 13.4. The fourth-order valence-electron chi connectivity index (χ4n) is 5.50. The van der Waals surface area contributed by atoms with Gasteiger partial charge in [-0.3, -0.25) is 14.7 Å². The largest absolute Gasteiger partial charge is 0.481 e. The van der Waals surface area contributed by atoms with E-state index in [9.17, 15) is 9.90 Å². The molecule has 3 atom stereocenters. The van der Waals surface area contributed by atoms with Gasteiger partial charge in [-0.15, -0.1) is 0 Å². The first-order valence-corrected chi connectivity index (χ1v) is 13.6. The molecule has 7 nitrogen and oxygen atoms in total. The van der Waals surface area contributed by atoms with E-state index < -0.39 is 5.97 Å². The third kappa shape index (κ3) is 7.95. The number of carbonyl (C=O) groups is 1. The van der Waals surface area contributed by atoms with Gasteiger partial charge in [0.1, 0.15) is 0 Å². The van der Waals surface area contributed by atoms with Crippen molar-refractivity contribution in [2.45, 2.75) is 82.8 Å². The van der Waals surface area contributed by atoms with Crippen LogP contribution >= 0.6 is 0 Å². The normalized spacial score (nSPS) is 22.9. The van der Waals surface area contributed by atoms with Gasteiger partial charge >= 0.3 is 5.97 Å². The SMILES string of the molecule is O=C(O)CC/C=C\CO[C@H]1[C@H](OCc2ccc(-c3cccnc3CO)cc2)CC[C@@H]1N1CCCCCC1. The van der Waals surface area contributed by atoms with E-state index >= 15 is 0 Å². The first kappa shape index (κ1) is 27.5. The summed E-state index contributed by atoms with van der Waals surface area (Å²) in [6, 6.07) is 12.5. The molecule has 200 valence electrons. The number of aliphatic hydroxyl groups is 1. The molecule has 37 heavy (non-hydrogen) atoms. The molecule has 1 saturated heterocycles. The van der Waals surface area contributed by atoms with Crippen LogP contribution in [0.1, 0.15) is 62.6 Å². The average molecular weight is 509 g/mol. The van der Waals surface area contributed by atoms with Crippen LogP contribution < -0.4 is 0 Å². The van der Waals surface area contributed by atoms with E-state index in [4.69, 9.17) is 14.6 Å². The summed E-state index contributed by atoms with van der Waals surface area (Å²) in [5.74, 6) is -0.779. The lowest BCUT2D eigenvalue weighted by atomic mass is 10.0. The van der Waals surface area contributed by atoms with Gasteiger partial charge < -0.3 is 19.7 Å². The van der Waals surface area contributed by atoms with Crippen molar-refractivity contribution in [3.05, 3.63) is 66.0 Å². The van der Waals surface area contributed by atoms with Crippen molar-refractivity contribution in [3.63, 3.8) is 0 Å². The number of benzene rings is 1. The van der Waals surface area contributed by atoms with E-state index in [0.717, 1.165) is 42.6 Å². The number of aromatic nitrogens is 1. The first-order valence-electron chi connectivity index (χ1n) is 13.6. The van der Waals surface area contributed by atoms with Crippen molar-refractivity contribution in [3.8, 4) is 11.1 Å². The van der Waals surface area contributed by atoms with Crippen molar-refractivity contribution in [1.29, 1.82) is 0 Å². The fraction of sp³-hybridized carbons (Fsp3) is 0.533. The maximum atomic E-state index is 10.7. The van der Waals surface area contributed by atoms with E-state index in [-0.39, 0.29) is 25.2 Å². The number of aliphatic carboxylic acids is 1. The molecule has 1 aliphatic carbocycles. The number of hydrogen-bond acceptors (Lipinski definition) is 6. The van der Waals surface area contributed by atoms with Crippen molar-refractivity contribution in [2.75, 3.05) is 19.7 Å². The quantitative estimate of drug-likeness (QED) is 0.391. The second kappa shape index (κ2) is 14.4. The minimum atomic E-state index is -0.779. The van der Waals surface area contributed by atoms with Gasteiger partial charge in [-0.05, 0) is 62.4 Å². The van der Waals surface area contributed by atoms with Gasteiger partial charge in [0.25, 0.3) is 0 Å². The fourth-order valence-corrected chi connectivity index (χ4v) is 5.50. The van der Waals surface area contributed by atoms with Gasteiger partial charge in [0.2, 0.25) is 0 Å². The number of ether oxygens (including phenoxy) is 2. The van der Waals surface area contributed by atoms with Crippen molar-refractivity contribution >= 4 is 5.97 Å². The predicted octanol–water partition coefficient (Wildman–Crippen LogP) is 4.97. The lowest BCUT2D eigenvalue weighted by molar-refractivity contribution is -0.136. The Bertz CT molecular complexity index is 1000. The third-order valence-corrected chi connectivity index (χ3v) is 7.45. The van der Waals surface area contributed by atoms with Gasteiger partial charge in [0.05, 0.1) is 37.7 Å². The van der Waals surface area contributed by atoms with Crippen molar-refractivity contribution < 1.29 is 24.5 Å². The molecule has 4 rings (SSSR count). The number of hydrogen-bond donors (Lipinski definition) is 2. The first-order chi connectivity index (χ1) is 18.2. The molecule has 1 saturated carbocycles. The van der Waals surface area contributed by atoms with Crippen LogP contribution in [0.25, 0.3) is 11.1 Å². The van der Waals surface area contributed by atoms with Crippen LogP contribution in [0, 0.1) is 0 Å². The van der Waals surface area contributed by atoms with E-state index in [1.807, 2.05) is 24.3 Å². The Morgan fingerprint density at radius 3 is 2.54 bits per heavy atom. The minimum absolute atomic E-state index is 0.00371. The highest BCUT2D eigenvalue weighted by molar-refractivity contribution is 5.67. The molecule has 0 amide bonds. The molecule has 2 aliphatic rings. The monoisotopic (exact) mass is 508 g/mol. The smallest absolute Gasteiger partial charge is 0.303 e. The lowest BCUT2D eigenvalue weighted by Gasteiger charge is -2.33. The molecule has 0 unspecified atom stereocenters. The van der Waals surface area contributed by atoms with Crippen LogP contribution in [0.2, 0.25) is 0 Å². The molecule has 0 bridgehead atoms. The Balaban J connectivity index is 1.37. The number of pyridine rings is 1. The third-order valence-electron chi connectivity index (χ3n) is 7.45. The summed E-state index contributed by atoms with van der Waals surface area (Å²) in [5, 5.41) is 18.4. The van der Waals surface area contributed by atoms with Gasteiger partial charge in [-0.2, -0.15) is 0 Å². The van der Waals surface area contributed by atoms with Crippen LogP contribution in [0.3, 0.4) is 0 Å². The van der Waals surface area contributed by atoms with Crippen LogP contribution in [-0.4, -0.2) is 64.0 Å². The van der Waals surface area contributed by atoms with E-state index in [2.05, 4.69) is 34.1 Å². The zero-order valence-corrected chi connectivity index (χ0v) is 21.6. The molecule has 1 aliphatic heterocycles. The number of likely N-dealkylation sites (tertiary alicyclic amines) is 1. The molecule has 1 aromatic carbocycles. The molecule has 1 aromatic heterocycles.